The van der Waals surface area contributed by atoms with Gasteiger partial charge in [0.05, 0.1) is 5.69 Å². The van der Waals surface area contributed by atoms with E-state index in [1.54, 1.807) is 13.1 Å². The van der Waals surface area contributed by atoms with Crippen LogP contribution in [0.25, 0.3) is 11.3 Å². The Balaban J connectivity index is 2.59. The Bertz CT molecular complexity index is 549. The van der Waals surface area contributed by atoms with Crippen LogP contribution in [0.1, 0.15) is 11.1 Å². The second-order valence-electron chi connectivity index (χ2n) is 3.89. The Morgan fingerprint density at radius 2 is 1.93 bits per heavy atom. The molecular weight excluding hydrogens is 188 g/mol. The molecule has 0 aliphatic heterocycles. The normalized spacial score (nSPS) is 10.6. The lowest BCUT2D eigenvalue weighted by Crippen LogP contribution is -2.09. The molecule has 3 heteroatoms. The van der Waals surface area contributed by atoms with Gasteiger partial charge in [0.2, 0.25) is 0 Å². The summed E-state index contributed by atoms with van der Waals surface area (Å²) in [6.45, 7) is 4.11. The first kappa shape index (κ1) is 9.77. The molecule has 0 aliphatic carbocycles. The summed E-state index contributed by atoms with van der Waals surface area (Å²) in [4.78, 5) is 11.3. The molecular formula is C12H14N2O. The maximum Gasteiger partial charge on any atom is 0.266 e. The number of hydrogen-bond donors (Lipinski definition) is 1. The Labute approximate surface area is 88.4 Å². The largest absolute Gasteiger partial charge is 0.295 e. The van der Waals surface area contributed by atoms with Crippen molar-refractivity contribution in [2.24, 2.45) is 7.05 Å². The fraction of sp³-hybridized carbons (Fsp3) is 0.250. The van der Waals surface area contributed by atoms with Crippen LogP contribution < -0.4 is 5.56 Å². The molecule has 0 fully saturated rings. The minimum absolute atomic E-state index is 0.00928. The lowest BCUT2D eigenvalue weighted by molar-refractivity contribution is 0.742. The Morgan fingerprint density at radius 1 is 1.20 bits per heavy atom. The van der Waals surface area contributed by atoms with Crippen LogP contribution in [-0.4, -0.2) is 9.78 Å². The van der Waals surface area contributed by atoms with E-state index in [0.29, 0.717) is 0 Å². The van der Waals surface area contributed by atoms with Crippen molar-refractivity contribution in [2.75, 3.05) is 0 Å². The smallest absolute Gasteiger partial charge is 0.266 e. The van der Waals surface area contributed by atoms with Crippen LogP contribution in [0.5, 0.6) is 0 Å². The SMILES string of the molecule is Cc1ccc(-c2cc(=O)n(C)[nH]2)c(C)c1. The molecule has 3 nitrogen and oxygen atoms in total. The number of hydrogen-bond acceptors (Lipinski definition) is 1. The van der Waals surface area contributed by atoms with E-state index in [9.17, 15) is 4.79 Å². The standard InChI is InChI=1S/C12H14N2O/c1-8-4-5-10(9(2)6-8)11-7-12(15)14(3)13-11/h4-7,13H,1-3H3. The van der Waals surface area contributed by atoms with Crippen LogP contribution in [0.3, 0.4) is 0 Å². The lowest BCUT2D eigenvalue weighted by Gasteiger charge is -2.04. The average molecular weight is 202 g/mol. The number of H-pyrrole nitrogens is 1. The fourth-order valence-electron chi connectivity index (χ4n) is 1.74. The lowest BCUT2D eigenvalue weighted by atomic mass is 10.0. The molecule has 78 valence electrons. The zero-order valence-electron chi connectivity index (χ0n) is 9.16. The van der Waals surface area contributed by atoms with Crippen molar-refractivity contribution in [2.45, 2.75) is 13.8 Å². The van der Waals surface area contributed by atoms with Gasteiger partial charge in [0.1, 0.15) is 0 Å². The Hall–Kier alpha value is -1.77. The van der Waals surface area contributed by atoms with Gasteiger partial charge < -0.3 is 0 Å². The van der Waals surface area contributed by atoms with E-state index >= 15 is 0 Å². The van der Waals surface area contributed by atoms with E-state index in [1.807, 2.05) is 19.1 Å². The van der Waals surface area contributed by atoms with Gasteiger partial charge in [0, 0.05) is 18.7 Å². The summed E-state index contributed by atoms with van der Waals surface area (Å²) in [6, 6.07) is 7.82. The van der Waals surface area contributed by atoms with Gasteiger partial charge in [-0.25, -0.2) is 0 Å². The van der Waals surface area contributed by atoms with Gasteiger partial charge in [-0.2, -0.15) is 0 Å². The monoisotopic (exact) mass is 202 g/mol. The molecule has 0 radical (unpaired) electrons. The van der Waals surface area contributed by atoms with Gasteiger partial charge >= 0.3 is 0 Å². The Kier molecular flexibility index (Phi) is 2.23. The van der Waals surface area contributed by atoms with Crippen LogP contribution in [-0.2, 0) is 7.05 Å². The van der Waals surface area contributed by atoms with Gasteiger partial charge in [-0.05, 0) is 19.4 Å². The van der Waals surface area contributed by atoms with Crippen LogP contribution >= 0.6 is 0 Å². The predicted octanol–water partition coefficient (Wildman–Crippen LogP) is 2.00. The zero-order chi connectivity index (χ0) is 11.0. The highest BCUT2D eigenvalue weighted by molar-refractivity contribution is 5.63. The van der Waals surface area contributed by atoms with Gasteiger partial charge in [-0.1, -0.05) is 23.8 Å². The van der Waals surface area contributed by atoms with Gasteiger partial charge in [-0.3, -0.25) is 14.6 Å². The molecule has 2 rings (SSSR count). The highest BCUT2D eigenvalue weighted by Gasteiger charge is 2.05. The minimum Gasteiger partial charge on any atom is -0.295 e. The molecule has 15 heavy (non-hydrogen) atoms. The zero-order valence-corrected chi connectivity index (χ0v) is 9.16. The fourth-order valence-corrected chi connectivity index (χ4v) is 1.74. The molecule has 0 bridgehead atoms. The van der Waals surface area contributed by atoms with E-state index < -0.39 is 0 Å². The molecule has 1 aromatic carbocycles. The third-order valence-electron chi connectivity index (χ3n) is 2.56. The number of aryl methyl sites for hydroxylation is 3. The first-order valence-electron chi connectivity index (χ1n) is 4.91. The molecule has 0 saturated carbocycles. The summed E-state index contributed by atoms with van der Waals surface area (Å²) in [5.74, 6) is 0. The van der Waals surface area contributed by atoms with E-state index in [1.165, 1.54) is 15.8 Å². The van der Waals surface area contributed by atoms with Gasteiger partial charge in [-0.15, -0.1) is 0 Å². The van der Waals surface area contributed by atoms with E-state index in [-0.39, 0.29) is 5.56 Å². The predicted molar refractivity (Wildman–Crippen MR) is 60.9 cm³/mol. The molecule has 0 saturated heterocycles. The van der Waals surface area contributed by atoms with E-state index in [0.717, 1.165) is 11.3 Å². The summed E-state index contributed by atoms with van der Waals surface area (Å²) in [7, 11) is 1.72. The molecule has 0 amide bonds. The van der Waals surface area contributed by atoms with Gasteiger partial charge in [0.25, 0.3) is 5.56 Å². The van der Waals surface area contributed by atoms with Crippen LogP contribution in [0.15, 0.2) is 29.1 Å². The van der Waals surface area contributed by atoms with Crippen molar-refractivity contribution in [3.8, 4) is 11.3 Å². The number of rotatable bonds is 1. The first-order chi connectivity index (χ1) is 7.08. The number of benzene rings is 1. The highest BCUT2D eigenvalue weighted by atomic mass is 16.1. The number of aromatic nitrogens is 2. The topological polar surface area (TPSA) is 37.8 Å². The van der Waals surface area contributed by atoms with Crippen LogP contribution in [0.2, 0.25) is 0 Å². The van der Waals surface area contributed by atoms with Crippen molar-refractivity contribution < 1.29 is 0 Å². The van der Waals surface area contributed by atoms with Crippen LogP contribution in [0.4, 0.5) is 0 Å². The summed E-state index contributed by atoms with van der Waals surface area (Å²) >= 11 is 0. The summed E-state index contributed by atoms with van der Waals surface area (Å²) in [5, 5.41) is 3.03. The second-order valence-corrected chi connectivity index (χ2v) is 3.89. The molecule has 1 heterocycles. The molecule has 2 aromatic rings. The minimum atomic E-state index is -0.00928. The molecule has 0 spiro atoms. The van der Waals surface area contributed by atoms with Crippen LogP contribution in [0, 0.1) is 13.8 Å². The molecule has 1 aromatic heterocycles. The third-order valence-corrected chi connectivity index (χ3v) is 2.56. The van der Waals surface area contributed by atoms with Crippen molar-refractivity contribution >= 4 is 0 Å². The van der Waals surface area contributed by atoms with Crippen molar-refractivity contribution in [1.82, 2.24) is 9.78 Å². The van der Waals surface area contributed by atoms with Crippen molar-refractivity contribution in [3.63, 3.8) is 0 Å². The van der Waals surface area contributed by atoms with Gasteiger partial charge in [0.15, 0.2) is 0 Å². The average Bonchev–Trinajstić information content (AvgIpc) is 2.46. The van der Waals surface area contributed by atoms with Crippen molar-refractivity contribution in [3.05, 3.63) is 45.7 Å². The Morgan fingerprint density at radius 3 is 2.47 bits per heavy atom. The molecule has 0 unspecified atom stereocenters. The number of nitrogens with zero attached hydrogens (tertiary/aromatic N) is 1. The second kappa shape index (κ2) is 3.42. The molecule has 0 aliphatic rings. The summed E-state index contributed by atoms with van der Waals surface area (Å²) in [6.07, 6.45) is 0. The summed E-state index contributed by atoms with van der Waals surface area (Å²) in [5.41, 5.74) is 4.36. The molecule has 1 N–H and O–H groups in total. The van der Waals surface area contributed by atoms with E-state index in [2.05, 4.69) is 18.1 Å². The first-order valence-corrected chi connectivity index (χ1v) is 4.91. The maximum absolute atomic E-state index is 11.3. The molecule has 0 atom stereocenters. The van der Waals surface area contributed by atoms with Crippen molar-refractivity contribution in [1.29, 1.82) is 0 Å². The summed E-state index contributed by atoms with van der Waals surface area (Å²) < 4.78 is 1.48. The number of aromatic amines is 1. The quantitative estimate of drug-likeness (QED) is 0.754. The maximum atomic E-state index is 11.3. The number of nitrogens with one attached hydrogen (secondary N) is 1. The van der Waals surface area contributed by atoms with E-state index in [4.69, 9.17) is 0 Å². The third kappa shape index (κ3) is 1.73. The highest BCUT2D eigenvalue weighted by Crippen LogP contribution is 2.20.